The third-order valence-corrected chi connectivity index (χ3v) is 4.32. The van der Waals surface area contributed by atoms with Crippen LogP contribution in [-0.4, -0.2) is 59.1 Å². The van der Waals surface area contributed by atoms with Crippen molar-refractivity contribution in [1.82, 2.24) is 9.80 Å². The minimum atomic E-state index is -0.497. The number of hydrogen-bond acceptors (Lipinski definition) is 6. The number of hydrogen-bond donors (Lipinski definition) is 1. The molecule has 2 rings (SSSR count). The van der Waals surface area contributed by atoms with Crippen LogP contribution < -0.4 is 9.47 Å². The number of benzene rings is 1. The molecule has 8 heteroatoms. The van der Waals surface area contributed by atoms with Crippen molar-refractivity contribution in [1.29, 1.82) is 0 Å². The predicted molar refractivity (Wildman–Crippen MR) is 96.6 cm³/mol. The number of ether oxygens (including phenoxy) is 2. The van der Waals surface area contributed by atoms with Crippen molar-refractivity contribution in [2.45, 2.75) is 13.8 Å². The minimum Gasteiger partial charge on any atom is -0.504 e. The lowest BCUT2D eigenvalue weighted by atomic mass is 10.0. The number of methoxy groups -OCH3 is 2. The molecule has 0 bridgehead atoms. The lowest BCUT2D eigenvalue weighted by molar-refractivity contribution is -0.133. The van der Waals surface area contributed by atoms with Crippen molar-refractivity contribution in [3.8, 4) is 17.2 Å². The van der Waals surface area contributed by atoms with Gasteiger partial charge in [0, 0.05) is 24.7 Å². The second-order valence-corrected chi connectivity index (χ2v) is 5.57. The molecule has 0 spiro atoms. The molecule has 1 aliphatic heterocycles. The van der Waals surface area contributed by atoms with Crippen molar-refractivity contribution in [2.75, 3.05) is 27.3 Å². The van der Waals surface area contributed by atoms with E-state index in [1.807, 2.05) is 0 Å². The van der Waals surface area contributed by atoms with E-state index < -0.39 is 11.8 Å². The van der Waals surface area contributed by atoms with E-state index in [0.717, 1.165) is 0 Å². The maximum absolute atomic E-state index is 12.6. The number of amides is 2. The van der Waals surface area contributed by atoms with Gasteiger partial charge in [0.15, 0.2) is 16.6 Å². The highest BCUT2D eigenvalue weighted by atomic mass is 32.1. The average molecular weight is 364 g/mol. The maximum Gasteiger partial charge on any atom is 0.265 e. The van der Waals surface area contributed by atoms with E-state index in [2.05, 4.69) is 0 Å². The Kier molecular flexibility index (Phi) is 5.63. The number of phenols is 1. The largest absolute Gasteiger partial charge is 0.504 e. The van der Waals surface area contributed by atoms with Gasteiger partial charge in [-0.3, -0.25) is 19.4 Å². The zero-order valence-electron chi connectivity index (χ0n) is 14.5. The van der Waals surface area contributed by atoms with E-state index in [0.29, 0.717) is 18.8 Å². The highest BCUT2D eigenvalue weighted by Gasteiger charge is 2.38. The first kappa shape index (κ1) is 18.7. The first-order valence-corrected chi connectivity index (χ1v) is 8.14. The van der Waals surface area contributed by atoms with Crippen LogP contribution in [0.4, 0.5) is 0 Å². The van der Waals surface area contributed by atoms with E-state index in [4.69, 9.17) is 21.7 Å². The standard InChI is InChI=1S/C17H20N2O5S/c1-5-18-15(21)12(16(22)19(6-2)17(18)25)8-10-7-11(23-3)9-13(24-4)14(10)20/h7-9,20H,5-6H2,1-4H3. The summed E-state index contributed by atoms with van der Waals surface area (Å²) in [4.78, 5) is 28.0. The fourth-order valence-corrected chi connectivity index (χ4v) is 2.95. The van der Waals surface area contributed by atoms with Gasteiger partial charge in [0.2, 0.25) is 0 Å². The van der Waals surface area contributed by atoms with Crippen LogP contribution in [0.15, 0.2) is 17.7 Å². The predicted octanol–water partition coefficient (Wildman–Crippen LogP) is 1.79. The Bertz CT molecular complexity index is 732. The first-order valence-electron chi connectivity index (χ1n) is 7.73. The molecule has 1 saturated heterocycles. The molecule has 2 amide bonds. The minimum absolute atomic E-state index is 0.0806. The second-order valence-electron chi connectivity index (χ2n) is 5.21. The topological polar surface area (TPSA) is 79.3 Å². The van der Waals surface area contributed by atoms with Gasteiger partial charge in [-0.2, -0.15) is 0 Å². The Balaban J connectivity index is 2.60. The van der Waals surface area contributed by atoms with Crippen LogP contribution in [0.3, 0.4) is 0 Å². The quantitative estimate of drug-likeness (QED) is 0.487. The van der Waals surface area contributed by atoms with Crippen LogP contribution in [-0.2, 0) is 9.59 Å². The maximum atomic E-state index is 12.6. The summed E-state index contributed by atoms with van der Waals surface area (Å²) < 4.78 is 10.3. The molecule has 0 aliphatic carbocycles. The molecule has 1 heterocycles. The van der Waals surface area contributed by atoms with Gasteiger partial charge in [-0.25, -0.2) is 0 Å². The molecular weight excluding hydrogens is 344 g/mol. The summed E-state index contributed by atoms with van der Waals surface area (Å²) >= 11 is 5.22. The van der Waals surface area contributed by atoms with E-state index in [-0.39, 0.29) is 27.7 Å². The van der Waals surface area contributed by atoms with Gasteiger partial charge in [-0.1, -0.05) is 0 Å². The Morgan fingerprint density at radius 3 is 2.08 bits per heavy atom. The van der Waals surface area contributed by atoms with Gasteiger partial charge in [0.25, 0.3) is 11.8 Å². The van der Waals surface area contributed by atoms with Crippen LogP contribution >= 0.6 is 12.2 Å². The highest BCUT2D eigenvalue weighted by Crippen LogP contribution is 2.36. The summed E-state index contributed by atoms with van der Waals surface area (Å²) in [6.07, 6.45) is 1.33. The molecule has 1 N–H and O–H groups in total. The average Bonchev–Trinajstić information content (AvgIpc) is 2.60. The van der Waals surface area contributed by atoms with Gasteiger partial charge < -0.3 is 14.6 Å². The van der Waals surface area contributed by atoms with E-state index in [1.165, 1.54) is 42.2 Å². The summed E-state index contributed by atoms with van der Waals surface area (Å²) in [5, 5.41) is 10.5. The number of carbonyl (C=O) groups is 2. The van der Waals surface area contributed by atoms with Crippen LogP contribution in [0.1, 0.15) is 19.4 Å². The number of phenolic OH excluding ortho intramolecular Hbond substituents is 1. The normalized spacial score (nSPS) is 14.9. The molecule has 7 nitrogen and oxygen atoms in total. The van der Waals surface area contributed by atoms with E-state index >= 15 is 0 Å². The fourth-order valence-electron chi connectivity index (χ4n) is 2.53. The van der Waals surface area contributed by atoms with Gasteiger partial charge >= 0.3 is 0 Å². The van der Waals surface area contributed by atoms with Crippen LogP contribution in [0, 0.1) is 0 Å². The van der Waals surface area contributed by atoms with Crippen molar-refractivity contribution < 1.29 is 24.2 Å². The summed E-state index contributed by atoms with van der Waals surface area (Å²) in [6, 6.07) is 3.03. The fraction of sp³-hybridized carbons (Fsp3) is 0.353. The monoisotopic (exact) mass is 364 g/mol. The van der Waals surface area contributed by atoms with Gasteiger partial charge in [0.05, 0.1) is 14.2 Å². The molecule has 1 aromatic rings. The van der Waals surface area contributed by atoms with Crippen LogP contribution in [0.2, 0.25) is 0 Å². The molecule has 0 saturated carbocycles. The molecule has 25 heavy (non-hydrogen) atoms. The molecule has 0 aromatic heterocycles. The van der Waals surface area contributed by atoms with Crippen LogP contribution in [0.25, 0.3) is 6.08 Å². The van der Waals surface area contributed by atoms with Crippen molar-refractivity contribution >= 4 is 35.2 Å². The zero-order valence-corrected chi connectivity index (χ0v) is 15.3. The van der Waals surface area contributed by atoms with Gasteiger partial charge in [0.1, 0.15) is 11.3 Å². The van der Waals surface area contributed by atoms with Crippen molar-refractivity contribution in [3.63, 3.8) is 0 Å². The highest BCUT2D eigenvalue weighted by molar-refractivity contribution is 7.80. The number of aromatic hydroxyl groups is 1. The molecule has 0 unspecified atom stereocenters. The van der Waals surface area contributed by atoms with Crippen LogP contribution in [0.5, 0.6) is 17.2 Å². The summed E-state index contributed by atoms with van der Waals surface area (Å²) in [5.74, 6) is -0.577. The first-order chi connectivity index (χ1) is 11.9. The summed E-state index contributed by atoms with van der Waals surface area (Å²) in [6.45, 7) is 4.23. The number of thiocarbonyl (C=S) groups is 1. The van der Waals surface area contributed by atoms with Crippen molar-refractivity contribution in [2.24, 2.45) is 0 Å². The lowest BCUT2D eigenvalue weighted by Gasteiger charge is -2.35. The Labute approximate surface area is 151 Å². The molecule has 0 atom stereocenters. The summed E-state index contributed by atoms with van der Waals surface area (Å²) in [5.41, 5.74) is 0.163. The lowest BCUT2D eigenvalue weighted by Crippen LogP contribution is -2.55. The Morgan fingerprint density at radius 1 is 1.08 bits per heavy atom. The SMILES string of the molecule is CCN1C(=O)C(=Cc2cc(OC)cc(OC)c2O)C(=O)N(CC)C1=S. The number of nitrogens with zero attached hydrogens (tertiary/aromatic N) is 2. The number of likely N-dealkylation sites (N-methyl/N-ethyl adjacent to an activating group) is 2. The molecular formula is C17H20N2O5S. The molecule has 1 aromatic carbocycles. The van der Waals surface area contributed by atoms with Gasteiger partial charge in [-0.15, -0.1) is 0 Å². The third kappa shape index (κ3) is 3.30. The molecule has 1 aliphatic rings. The smallest absolute Gasteiger partial charge is 0.265 e. The Morgan fingerprint density at radius 2 is 1.64 bits per heavy atom. The van der Waals surface area contributed by atoms with Gasteiger partial charge in [-0.05, 0) is 38.2 Å². The van der Waals surface area contributed by atoms with E-state index in [1.54, 1.807) is 13.8 Å². The Hall–Kier alpha value is -2.61. The number of carbonyl (C=O) groups excluding carboxylic acids is 2. The zero-order chi connectivity index (χ0) is 18.7. The summed E-state index contributed by atoms with van der Waals surface area (Å²) in [7, 11) is 2.87. The number of rotatable bonds is 5. The molecule has 1 fully saturated rings. The molecule has 0 radical (unpaired) electrons. The van der Waals surface area contributed by atoms with E-state index in [9.17, 15) is 14.7 Å². The second kappa shape index (κ2) is 7.52. The van der Waals surface area contributed by atoms with Crippen molar-refractivity contribution in [3.05, 3.63) is 23.3 Å². The third-order valence-electron chi connectivity index (χ3n) is 3.88. The molecule has 134 valence electrons.